The number of nitrogens with zero attached hydrogens (tertiary/aromatic N) is 3. The number of hydrogen-bond donors (Lipinski definition) is 2. The highest BCUT2D eigenvalue weighted by Gasteiger charge is 2.21. The van der Waals surface area contributed by atoms with Crippen molar-refractivity contribution in [1.82, 2.24) is 25.6 Å². The Kier molecular flexibility index (Phi) is 5.52. The average molecular weight is 279 g/mol. The Bertz CT molecular complexity index is 427. The van der Waals surface area contributed by atoms with Crippen molar-refractivity contribution in [3.05, 3.63) is 11.9 Å². The molecular weight excluding hydrogens is 254 g/mol. The van der Waals surface area contributed by atoms with Crippen molar-refractivity contribution in [2.75, 3.05) is 6.54 Å². The molecule has 0 bridgehead atoms. The molecule has 0 spiro atoms. The summed E-state index contributed by atoms with van der Waals surface area (Å²) in [7, 11) is 0. The van der Waals surface area contributed by atoms with Crippen molar-refractivity contribution in [2.24, 2.45) is 0 Å². The zero-order valence-corrected chi connectivity index (χ0v) is 12.4. The van der Waals surface area contributed by atoms with Crippen molar-refractivity contribution >= 4 is 5.91 Å². The van der Waals surface area contributed by atoms with Gasteiger partial charge in [0, 0.05) is 19.1 Å². The second-order valence-corrected chi connectivity index (χ2v) is 5.52. The molecule has 2 N–H and O–H groups in total. The number of nitrogens with one attached hydrogen (secondary N) is 2. The van der Waals surface area contributed by atoms with Gasteiger partial charge in [-0.05, 0) is 26.2 Å². The normalized spacial score (nSPS) is 16.1. The number of hydrogen-bond acceptors (Lipinski definition) is 4. The van der Waals surface area contributed by atoms with E-state index in [9.17, 15) is 4.79 Å². The van der Waals surface area contributed by atoms with Crippen LogP contribution >= 0.6 is 0 Å². The zero-order chi connectivity index (χ0) is 14.4. The molecule has 1 aromatic heterocycles. The molecule has 1 atom stereocenters. The van der Waals surface area contributed by atoms with Gasteiger partial charge in [-0.1, -0.05) is 25.0 Å². The molecule has 1 aromatic rings. The van der Waals surface area contributed by atoms with Gasteiger partial charge in [0.2, 0.25) is 5.91 Å². The molecular formula is C14H25N5O. The SMILES string of the molecule is CCCCCNC(=O)C(C)n1cc(CNC2CC2)nn1. The molecule has 1 unspecified atom stereocenters. The predicted octanol–water partition coefficient (Wildman–Crippen LogP) is 1.40. The molecule has 6 heteroatoms. The van der Waals surface area contributed by atoms with Crippen LogP contribution in [0.1, 0.15) is 57.7 Å². The number of rotatable bonds is 9. The van der Waals surface area contributed by atoms with Gasteiger partial charge >= 0.3 is 0 Å². The first kappa shape index (κ1) is 15.0. The minimum Gasteiger partial charge on any atom is -0.354 e. The molecule has 1 heterocycles. The third kappa shape index (κ3) is 4.59. The highest BCUT2D eigenvalue weighted by atomic mass is 16.2. The van der Waals surface area contributed by atoms with Crippen LogP contribution in [-0.2, 0) is 11.3 Å². The molecule has 0 aliphatic heterocycles. The maximum atomic E-state index is 12.0. The van der Waals surface area contributed by atoms with Gasteiger partial charge in [0.15, 0.2) is 0 Å². The Labute approximate surface area is 120 Å². The number of amides is 1. The first-order valence-electron chi connectivity index (χ1n) is 7.62. The fourth-order valence-corrected chi connectivity index (χ4v) is 1.97. The van der Waals surface area contributed by atoms with Crippen molar-refractivity contribution in [2.45, 2.75) is 64.6 Å². The summed E-state index contributed by atoms with van der Waals surface area (Å²) >= 11 is 0. The highest BCUT2D eigenvalue weighted by molar-refractivity contribution is 5.79. The third-order valence-electron chi connectivity index (χ3n) is 3.56. The van der Waals surface area contributed by atoms with Crippen molar-refractivity contribution < 1.29 is 4.79 Å². The molecule has 0 aromatic carbocycles. The van der Waals surface area contributed by atoms with E-state index in [1.54, 1.807) is 4.68 Å². The lowest BCUT2D eigenvalue weighted by molar-refractivity contribution is -0.124. The van der Waals surface area contributed by atoms with E-state index in [1.807, 2.05) is 13.1 Å². The highest BCUT2D eigenvalue weighted by Crippen LogP contribution is 2.19. The van der Waals surface area contributed by atoms with Crippen LogP contribution in [0.2, 0.25) is 0 Å². The van der Waals surface area contributed by atoms with Crippen LogP contribution in [-0.4, -0.2) is 33.5 Å². The van der Waals surface area contributed by atoms with Crippen LogP contribution < -0.4 is 10.6 Å². The molecule has 1 fully saturated rings. The van der Waals surface area contributed by atoms with Gasteiger partial charge < -0.3 is 10.6 Å². The summed E-state index contributed by atoms with van der Waals surface area (Å²) in [6, 6.07) is 0.346. The van der Waals surface area contributed by atoms with Gasteiger partial charge in [-0.3, -0.25) is 4.79 Å². The first-order chi connectivity index (χ1) is 9.70. The van der Waals surface area contributed by atoms with E-state index in [0.29, 0.717) is 6.04 Å². The van der Waals surface area contributed by atoms with Gasteiger partial charge in [0.1, 0.15) is 6.04 Å². The Hall–Kier alpha value is -1.43. The summed E-state index contributed by atoms with van der Waals surface area (Å²) in [5.41, 5.74) is 0.891. The van der Waals surface area contributed by atoms with Crippen molar-refractivity contribution in [1.29, 1.82) is 0 Å². The van der Waals surface area contributed by atoms with E-state index in [2.05, 4.69) is 27.9 Å². The van der Waals surface area contributed by atoms with Gasteiger partial charge in [-0.2, -0.15) is 0 Å². The molecule has 1 amide bonds. The van der Waals surface area contributed by atoms with Crippen molar-refractivity contribution in [3.8, 4) is 0 Å². The molecule has 1 aliphatic rings. The zero-order valence-electron chi connectivity index (χ0n) is 12.4. The second kappa shape index (κ2) is 7.38. The maximum absolute atomic E-state index is 12.0. The summed E-state index contributed by atoms with van der Waals surface area (Å²) in [5, 5.41) is 14.5. The third-order valence-corrected chi connectivity index (χ3v) is 3.56. The number of aromatic nitrogens is 3. The Morgan fingerprint density at radius 1 is 1.50 bits per heavy atom. The van der Waals surface area contributed by atoms with Crippen molar-refractivity contribution in [3.63, 3.8) is 0 Å². The minimum absolute atomic E-state index is 0.00713. The summed E-state index contributed by atoms with van der Waals surface area (Å²) in [6.45, 7) is 5.47. The van der Waals surface area contributed by atoms with Gasteiger partial charge in [0.25, 0.3) is 0 Å². The number of carbonyl (C=O) groups is 1. The topological polar surface area (TPSA) is 71.8 Å². The van der Waals surface area contributed by atoms with Gasteiger partial charge in [-0.15, -0.1) is 5.10 Å². The van der Waals surface area contributed by atoms with Crippen LogP contribution in [0, 0.1) is 0 Å². The van der Waals surface area contributed by atoms with Gasteiger partial charge in [-0.25, -0.2) is 4.68 Å². The van der Waals surface area contributed by atoms with Crippen LogP contribution in [0.5, 0.6) is 0 Å². The minimum atomic E-state index is -0.307. The summed E-state index contributed by atoms with van der Waals surface area (Å²) in [5.74, 6) is 0.00713. The van der Waals surface area contributed by atoms with E-state index < -0.39 is 0 Å². The van der Waals surface area contributed by atoms with Gasteiger partial charge in [0.05, 0.1) is 11.9 Å². The van der Waals surface area contributed by atoms with E-state index in [0.717, 1.165) is 38.0 Å². The maximum Gasteiger partial charge on any atom is 0.244 e. The van der Waals surface area contributed by atoms with Crippen LogP contribution in [0.25, 0.3) is 0 Å². The van der Waals surface area contributed by atoms with Crippen LogP contribution in [0.4, 0.5) is 0 Å². The van der Waals surface area contributed by atoms with E-state index in [1.165, 1.54) is 12.8 Å². The van der Waals surface area contributed by atoms with E-state index in [-0.39, 0.29) is 11.9 Å². The predicted molar refractivity (Wildman–Crippen MR) is 77.1 cm³/mol. The molecule has 2 rings (SSSR count). The lowest BCUT2D eigenvalue weighted by Crippen LogP contribution is -2.32. The standard InChI is InChI=1S/C14H25N5O/c1-3-4-5-8-15-14(20)11(2)19-10-13(17-18-19)9-16-12-6-7-12/h10-12,16H,3-9H2,1-2H3,(H,15,20). The molecule has 6 nitrogen and oxygen atoms in total. The van der Waals surface area contributed by atoms with E-state index in [4.69, 9.17) is 0 Å². The van der Waals surface area contributed by atoms with E-state index >= 15 is 0 Å². The lowest BCUT2D eigenvalue weighted by atomic mass is 10.2. The molecule has 112 valence electrons. The van der Waals surface area contributed by atoms with Crippen LogP contribution in [0.15, 0.2) is 6.20 Å². The second-order valence-electron chi connectivity index (χ2n) is 5.52. The monoisotopic (exact) mass is 279 g/mol. The molecule has 1 aliphatic carbocycles. The van der Waals surface area contributed by atoms with Crippen LogP contribution in [0.3, 0.4) is 0 Å². The molecule has 0 radical (unpaired) electrons. The first-order valence-corrected chi connectivity index (χ1v) is 7.62. The largest absolute Gasteiger partial charge is 0.354 e. The molecule has 20 heavy (non-hydrogen) atoms. The molecule has 1 saturated carbocycles. The Morgan fingerprint density at radius 3 is 3.00 bits per heavy atom. The lowest BCUT2D eigenvalue weighted by Gasteiger charge is -2.11. The quantitative estimate of drug-likeness (QED) is 0.670. The Morgan fingerprint density at radius 2 is 2.30 bits per heavy atom. The fourth-order valence-electron chi connectivity index (χ4n) is 1.97. The molecule has 0 saturated heterocycles. The summed E-state index contributed by atoms with van der Waals surface area (Å²) < 4.78 is 1.64. The smallest absolute Gasteiger partial charge is 0.244 e. The average Bonchev–Trinajstić information content (AvgIpc) is 3.17. The Balaban J connectivity index is 1.75. The summed E-state index contributed by atoms with van der Waals surface area (Å²) in [4.78, 5) is 12.0. The number of carbonyl (C=O) groups excluding carboxylic acids is 1. The summed E-state index contributed by atoms with van der Waals surface area (Å²) in [6.07, 6.45) is 7.70. The number of unbranched alkanes of at least 4 members (excludes halogenated alkanes) is 2. The fraction of sp³-hybridized carbons (Fsp3) is 0.786.